The summed E-state index contributed by atoms with van der Waals surface area (Å²) in [5.74, 6) is -0.0692. The molecule has 0 amide bonds. The van der Waals surface area contributed by atoms with Crippen molar-refractivity contribution in [3.05, 3.63) is 106 Å². The molecule has 0 saturated heterocycles. The Kier molecular flexibility index (Phi) is 5.20. The quantitative estimate of drug-likeness (QED) is 0.454. The average Bonchev–Trinajstić information content (AvgIpc) is 3.09. The lowest BCUT2D eigenvalue weighted by molar-refractivity contribution is -0.136. The van der Waals surface area contributed by atoms with Crippen molar-refractivity contribution in [3.8, 4) is 5.75 Å². The summed E-state index contributed by atoms with van der Waals surface area (Å²) in [6, 6.07) is 21.3. The third-order valence-electron chi connectivity index (χ3n) is 4.53. The highest BCUT2D eigenvalue weighted by molar-refractivity contribution is 6.31. The van der Waals surface area contributed by atoms with Crippen LogP contribution < -0.4 is 4.74 Å². The van der Waals surface area contributed by atoms with Crippen LogP contribution in [0.5, 0.6) is 5.75 Å². The molecule has 29 heavy (non-hydrogen) atoms. The molecule has 1 heterocycles. The van der Waals surface area contributed by atoms with Crippen LogP contribution in [0.25, 0.3) is 6.08 Å². The zero-order valence-electron chi connectivity index (χ0n) is 15.8. The van der Waals surface area contributed by atoms with E-state index in [9.17, 15) is 9.18 Å². The number of nitrogens with zero attached hydrogens (tertiary/aromatic N) is 1. The van der Waals surface area contributed by atoms with E-state index in [0.717, 1.165) is 22.3 Å². The minimum atomic E-state index is -0.475. The highest BCUT2D eigenvalue weighted by Gasteiger charge is 2.26. The predicted molar refractivity (Wildman–Crippen MR) is 109 cm³/mol. The molecule has 1 aliphatic rings. The number of benzene rings is 3. The van der Waals surface area contributed by atoms with E-state index >= 15 is 0 Å². The Bertz CT molecular complexity index is 1080. The first-order valence-electron chi connectivity index (χ1n) is 9.14. The molecule has 0 N–H and O–H groups in total. The van der Waals surface area contributed by atoms with Gasteiger partial charge < -0.3 is 9.57 Å². The first kappa shape index (κ1) is 18.6. The molecular weight excluding hydrogens is 369 g/mol. The largest absolute Gasteiger partial charge is 0.489 e. The lowest BCUT2D eigenvalue weighted by Gasteiger charge is -2.07. The number of aryl methyl sites for hydroxylation is 1. The van der Waals surface area contributed by atoms with Gasteiger partial charge in [0.15, 0.2) is 0 Å². The Labute approximate surface area is 167 Å². The summed E-state index contributed by atoms with van der Waals surface area (Å²) >= 11 is 0. The lowest BCUT2D eigenvalue weighted by atomic mass is 10.00. The van der Waals surface area contributed by atoms with Crippen molar-refractivity contribution in [2.45, 2.75) is 13.5 Å². The molecule has 144 valence electrons. The molecule has 0 aliphatic carbocycles. The van der Waals surface area contributed by atoms with E-state index in [2.05, 4.69) is 5.16 Å². The van der Waals surface area contributed by atoms with Gasteiger partial charge in [0, 0.05) is 5.56 Å². The van der Waals surface area contributed by atoms with Gasteiger partial charge in [-0.05, 0) is 48.4 Å². The van der Waals surface area contributed by atoms with E-state index in [4.69, 9.17) is 9.57 Å². The molecule has 1 aliphatic heterocycles. The van der Waals surface area contributed by atoms with Gasteiger partial charge in [0.2, 0.25) is 0 Å². The van der Waals surface area contributed by atoms with Gasteiger partial charge in [0.1, 0.15) is 23.9 Å². The maximum absolute atomic E-state index is 13.0. The molecule has 0 fully saturated rings. The van der Waals surface area contributed by atoms with Crippen molar-refractivity contribution < 1.29 is 18.8 Å². The van der Waals surface area contributed by atoms with Crippen LogP contribution in [0.3, 0.4) is 0 Å². The molecular formula is C24H18FNO3. The first-order valence-corrected chi connectivity index (χ1v) is 9.14. The normalized spacial score (nSPS) is 14.6. The Hall–Kier alpha value is -3.73. The molecule has 0 saturated carbocycles. The van der Waals surface area contributed by atoms with Crippen molar-refractivity contribution in [2.75, 3.05) is 0 Å². The van der Waals surface area contributed by atoms with Gasteiger partial charge in [-0.1, -0.05) is 59.3 Å². The van der Waals surface area contributed by atoms with E-state index in [1.807, 2.05) is 55.5 Å². The van der Waals surface area contributed by atoms with E-state index < -0.39 is 5.97 Å². The van der Waals surface area contributed by atoms with Crippen LogP contribution in [0.1, 0.15) is 22.3 Å². The summed E-state index contributed by atoms with van der Waals surface area (Å²) in [4.78, 5) is 17.0. The number of ether oxygens (including phenoxy) is 1. The van der Waals surface area contributed by atoms with Crippen LogP contribution in [-0.4, -0.2) is 11.7 Å². The summed E-state index contributed by atoms with van der Waals surface area (Å²) in [5.41, 5.74) is 4.59. The molecule has 0 radical (unpaired) electrons. The summed E-state index contributed by atoms with van der Waals surface area (Å²) < 4.78 is 18.7. The average molecular weight is 387 g/mol. The third kappa shape index (κ3) is 4.41. The molecule has 0 atom stereocenters. The fraction of sp³-hybridized carbons (Fsp3) is 0.0833. The zero-order valence-corrected chi connectivity index (χ0v) is 15.8. The first-order chi connectivity index (χ1) is 14.1. The summed E-state index contributed by atoms with van der Waals surface area (Å²) in [7, 11) is 0. The molecule has 0 unspecified atom stereocenters. The van der Waals surface area contributed by atoms with Crippen LogP contribution in [0, 0.1) is 12.7 Å². The van der Waals surface area contributed by atoms with Gasteiger partial charge in [-0.25, -0.2) is 9.18 Å². The second-order valence-electron chi connectivity index (χ2n) is 6.73. The number of carbonyl (C=O) groups is 1. The highest BCUT2D eigenvalue weighted by atomic mass is 19.1. The van der Waals surface area contributed by atoms with Crippen LogP contribution in [0.15, 0.2) is 83.5 Å². The summed E-state index contributed by atoms with van der Waals surface area (Å²) in [6.07, 6.45) is 1.75. The predicted octanol–water partition coefficient (Wildman–Crippen LogP) is 5.06. The second kappa shape index (κ2) is 8.10. The number of oxime groups is 1. The molecule has 0 spiro atoms. The van der Waals surface area contributed by atoms with Crippen molar-refractivity contribution in [1.29, 1.82) is 0 Å². The van der Waals surface area contributed by atoms with Gasteiger partial charge in [0.05, 0.1) is 5.57 Å². The smallest absolute Gasteiger partial charge is 0.368 e. The Morgan fingerprint density at radius 1 is 0.966 bits per heavy atom. The van der Waals surface area contributed by atoms with Gasteiger partial charge in [0.25, 0.3) is 0 Å². The van der Waals surface area contributed by atoms with Gasteiger partial charge in [-0.2, -0.15) is 0 Å². The fourth-order valence-corrected chi connectivity index (χ4v) is 2.90. The Balaban J connectivity index is 1.48. The van der Waals surface area contributed by atoms with Crippen molar-refractivity contribution in [3.63, 3.8) is 0 Å². The van der Waals surface area contributed by atoms with Crippen LogP contribution in [-0.2, 0) is 16.2 Å². The maximum Gasteiger partial charge on any atom is 0.368 e. The Morgan fingerprint density at radius 3 is 2.34 bits per heavy atom. The SMILES string of the molecule is Cc1ccc(C2=NOC(=O)/C2=C/c2ccc(OCc3ccc(F)cc3)cc2)cc1. The molecule has 4 nitrogen and oxygen atoms in total. The van der Waals surface area contributed by atoms with Gasteiger partial charge in [-0.15, -0.1) is 0 Å². The van der Waals surface area contributed by atoms with E-state index in [0.29, 0.717) is 23.6 Å². The number of hydrogen-bond donors (Lipinski definition) is 0. The number of rotatable bonds is 5. The minimum Gasteiger partial charge on any atom is -0.489 e. The van der Waals surface area contributed by atoms with Crippen LogP contribution >= 0.6 is 0 Å². The molecule has 4 rings (SSSR count). The molecule has 0 aromatic heterocycles. The standard InChI is InChI=1S/C24H18FNO3/c1-16-2-8-19(9-3-16)23-22(24(27)29-26-23)14-17-6-12-21(13-7-17)28-15-18-4-10-20(25)11-5-18/h2-14H,15H2,1H3/b22-14+. The van der Waals surface area contributed by atoms with E-state index in [1.54, 1.807) is 18.2 Å². The van der Waals surface area contributed by atoms with Crippen molar-refractivity contribution >= 4 is 17.8 Å². The molecule has 0 bridgehead atoms. The van der Waals surface area contributed by atoms with Crippen molar-refractivity contribution in [2.24, 2.45) is 5.16 Å². The topological polar surface area (TPSA) is 47.9 Å². The minimum absolute atomic E-state index is 0.273. The number of hydrogen-bond acceptors (Lipinski definition) is 4. The Morgan fingerprint density at radius 2 is 1.66 bits per heavy atom. The summed E-state index contributed by atoms with van der Waals surface area (Å²) in [5, 5.41) is 3.93. The molecule has 3 aromatic carbocycles. The second-order valence-corrected chi connectivity index (χ2v) is 6.73. The molecule has 5 heteroatoms. The van der Waals surface area contributed by atoms with E-state index in [-0.39, 0.29) is 5.82 Å². The monoisotopic (exact) mass is 387 g/mol. The number of halogens is 1. The fourth-order valence-electron chi connectivity index (χ4n) is 2.90. The highest BCUT2D eigenvalue weighted by Crippen LogP contribution is 2.22. The van der Waals surface area contributed by atoms with Crippen LogP contribution in [0.2, 0.25) is 0 Å². The summed E-state index contributed by atoms with van der Waals surface area (Å²) in [6.45, 7) is 2.34. The van der Waals surface area contributed by atoms with E-state index in [1.165, 1.54) is 12.1 Å². The molecule has 3 aromatic rings. The maximum atomic E-state index is 13.0. The lowest BCUT2D eigenvalue weighted by Crippen LogP contribution is -2.06. The van der Waals surface area contributed by atoms with Crippen molar-refractivity contribution in [1.82, 2.24) is 0 Å². The van der Waals surface area contributed by atoms with Gasteiger partial charge >= 0.3 is 5.97 Å². The van der Waals surface area contributed by atoms with Gasteiger partial charge in [-0.3, -0.25) is 0 Å². The zero-order chi connectivity index (χ0) is 20.2. The van der Waals surface area contributed by atoms with Crippen LogP contribution in [0.4, 0.5) is 4.39 Å². The number of carbonyl (C=O) groups excluding carboxylic acids is 1. The third-order valence-corrected chi connectivity index (χ3v) is 4.53.